The van der Waals surface area contributed by atoms with Crippen molar-refractivity contribution in [3.8, 4) is 22.8 Å². The van der Waals surface area contributed by atoms with Crippen LogP contribution in [0.15, 0.2) is 30.5 Å². The zero-order valence-corrected chi connectivity index (χ0v) is 13.4. The molecule has 1 aromatic heterocycles. The van der Waals surface area contributed by atoms with Crippen molar-refractivity contribution in [1.82, 2.24) is 4.98 Å². The summed E-state index contributed by atoms with van der Waals surface area (Å²) >= 11 is 5.90. The Morgan fingerprint density at radius 3 is 2.57 bits per heavy atom. The van der Waals surface area contributed by atoms with Crippen LogP contribution in [0, 0.1) is 0 Å². The SMILES string of the molecule is CCCc1cc(-c2cc(CCl)ccn2)cc(OC)c1OC. The van der Waals surface area contributed by atoms with Crippen molar-refractivity contribution in [2.45, 2.75) is 25.6 Å². The number of aryl methyl sites for hydroxylation is 1. The van der Waals surface area contributed by atoms with E-state index in [0.29, 0.717) is 5.88 Å². The molecule has 2 aromatic rings. The third kappa shape index (κ3) is 3.48. The Balaban J connectivity index is 2.55. The highest BCUT2D eigenvalue weighted by atomic mass is 35.5. The summed E-state index contributed by atoms with van der Waals surface area (Å²) in [5.74, 6) is 2.01. The highest BCUT2D eigenvalue weighted by Crippen LogP contribution is 2.36. The molecular formula is C17H20ClNO2. The molecule has 4 heteroatoms. The molecule has 1 heterocycles. The fourth-order valence-corrected chi connectivity index (χ4v) is 2.53. The topological polar surface area (TPSA) is 31.4 Å². The summed E-state index contributed by atoms with van der Waals surface area (Å²) in [6, 6.07) is 8.00. The highest BCUT2D eigenvalue weighted by Gasteiger charge is 2.13. The van der Waals surface area contributed by atoms with Crippen LogP contribution in [0.2, 0.25) is 0 Å². The normalized spacial score (nSPS) is 10.5. The Morgan fingerprint density at radius 2 is 1.95 bits per heavy atom. The minimum atomic E-state index is 0.477. The summed E-state index contributed by atoms with van der Waals surface area (Å²) in [6.07, 6.45) is 3.75. The van der Waals surface area contributed by atoms with Crippen molar-refractivity contribution in [3.63, 3.8) is 0 Å². The van der Waals surface area contributed by atoms with Crippen LogP contribution in [0.25, 0.3) is 11.3 Å². The molecule has 112 valence electrons. The molecular weight excluding hydrogens is 286 g/mol. The van der Waals surface area contributed by atoms with E-state index in [-0.39, 0.29) is 0 Å². The van der Waals surface area contributed by atoms with Gasteiger partial charge in [0, 0.05) is 17.6 Å². The third-order valence-corrected chi connectivity index (χ3v) is 3.66. The molecule has 0 amide bonds. The van der Waals surface area contributed by atoms with Crippen LogP contribution in [-0.2, 0) is 12.3 Å². The minimum Gasteiger partial charge on any atom is -0.493 e. The Morgan fingerprint density at radius 1 is 1.14 bits per heavy atom. The predicted octanol–water partition coefficient (Wildman–Crippen LogP) is 4.46. The average molecular weight is 306 g/mol. The van der Waals surface area contributed by atoms with Crippen LogP contribution in [0.5, 0.6) is 11.5 Å². The number of alkyl halides is 1. The van der Waals surface area contributed by atoms with Crippen molar-refractivity contribution >= 4 is 11.6 Å². The number of nitrogens with zero attached hydrogens (tertiary/aromatic N) is 1. The molecule has 21 heavy (non-hydrogen) atoms. The van der Waals surface area contributed by atoms with E-state index in [4.69, 9.17) is 21.1 Å². The number of methoxy groups -OCH3 is 2. The van der Waals surface area contributed by atoms with Crippen LogP contribution >= 0.6 is 11.6 Å². The first kappa shape index (κ1) is 15.6. The lowest BCUT2D eigenvalue weighted by Gasteiger charge is -2.15. The van der Waals surface area contributed by atoms with Gasteiger partial charge in [0.1, 0.15) is 0 Å². The lowest BCUT2D eigenvalue weighted by Crippen LogP contribution is -1.98. The van der Waals surface area contributed by atoms with Gasteiger partial charge in [-0.2, -0.15) is 0 Å². The maximum absolute atomic E-state index is 5.90. The quantitative estimate of drug-likeness (QED) is 0.739. The van der Waals surface area contributed by atoms with E-state index in [1.165, 1.54) is 0 Å². The number of halogens is 1. The van der Waals surface area contributed by atoms with E-state index >= 15 is 0 Å². The minimum absolute atomic E-state index is 0.477. The molecule has 0 aliphatic carbocycles. The van der Waals surface area contributed by atoms with Gasteiger partial charge in [0.2, 0.25) is 0 Å². The summed E-state index contributed by atoms with van der Waals surface area (Å²) in [5, 5.41) is 0. The van der Waals surface area contributed by atoms with Gasteiger partial charge in [-0.1, -0.05) is 13.3 Å². The van der Waals surface area contributed by atoms with E-state index in [0.717, 1.165) is 46.7 Å². The lowest BCUT2D eigenvalue weighted by molar-refractivity contribution is 0.351. The first-order valence-electron chi connectivity index (χ1n) is 6.99. The number of aromatic nitrogens is 1. The van der Waals surface area contributed by atoms with Crippen molar-refractivity contribution in [1.29, 1.82) is 0 Å². The van der Waals surface area contributed by atoms with Crippen molar-refractivity contribution < 1.29 is 9.47 Å². The average Bonchev–Trinajstić information content (AvgIpc) is 2.54. The van der Waals surface area contributed by atoms with E-state index in [9.17, 15) is 0 Å². The van der Waals surface area contributed by atoms with Gasteiger partial charge >= 0.3 is 0 Å². The largest absolute Gasteiger partial charge is 0.493 e. The molecule has 0 bridgehead atoms. The van der Waals surface area contributed by atoms with E-state index in [1.54, 1.807) is 20.4 Å². The lowest BCUT2D eigenvalue weighted by atomic mass is 10.0. The van der Waals surface area contributed by atoms with Crippen molar-refractivity contribution in [3.05, 3.63) is 41.6 Å². The van der Waals surface area contributed by atoms with Crippen molar-refractivity contribution in [2.75, 3.05) is 14.2 Å². The van der Waals surface area contributed by atoms with E-state index in [2.05, 4.69) is 18.0 Å². The maximum Gasteiger partial charge on any atom is 0.163 e. The summed E-state index contributed by atoms with van der Waals surface area (Å²) in [7, 11) is 3.32. The molecule has 2 rings (SSSR count). The highest BCUT2D eigenvalue weighted by molar-refractivity contribution is 6.17. The van der Waals surface area contributed by atoms with Gasteiger partial charge in [-0.15, -0.1) is 11.6 Å². The van der Waals surface area contributed by atoms with Gasteiger partial charge in [0.15, 0.2) is 11.5 Å². The number of benzene rings is 1. The Hall–Kier alpha value is -1.74. The molecule has 0 radical (unpaired) electrons. The van der Waals surface area contributed by atoms with E-state index < -0.39 is 0 Å². The molecule has 1 aromatic carbocycles. The molecule has 0 saturated heterocycles. The van der Waals surface area contributed by atoms with E-state index in [1.807, 2.05) is 18.2 Å². The van der Waals surface area contributed by atoms with Crippen LogP contribution in [0.1, 0.15) is 24.5 Å². The van der Waals surface area contributed by atoms with Gasteiger partial charge < -0.3 is 9.47 Å². The molecule has 0 aliphatic heterocycles. The summed E-state index contributed by atoms with van der Waals surface area (Å²) in [6.45, 7) is 2.14. The zero-order chi connectivity index (χ0) is 15.2. The molecule has 0 spiro atoms. The number of rotatable bonds is 6. The molecule has 0 aliphatic rings. The Bertz CT molecular complexity index is 614. The van der Waals surface area contributed by atoms with Crippen LogP contribution in [-0.4, -0.2) is 19.2 Å². The standard InChI is InChI=1S/C17H20ClNO2/c1-4-5-13-9-14(10-16(20-2)17(13)21-3)15-8-12(11-18)6-7-19-15/h6-10H,4-5,11H2,1-3H3. The maximum atomic E-state index is 5.90. The molecule has 3 nitrogen and oxygen atoms in total. The predicted molar refractivity (Wildman–Crippen MR) is 86.3 cm³/mol. The number of hydrogen-bond acceptors (Lipinski definition) is 3. The second-order valence-corrected chi connectivity index (χ2v) is 5.07. The summed E-state index contributed by atoms with van der Waals surface area (Å²) in [4.78, 5) is 4.43. The second kappa shape index (κ2) is 7.32. The number of ether oxygens (including phenoxy) is 2. The monoisotopic (exact) mass is 305 g/mol. The van der Waals surface area contributed by atoms with Gasteiger partial charge in [-0.05, 0) is 41.8 Å². The van der Waals surface area contributed by atoms with Crippen molar-refractivity contribution in [2.24, 2.45) is 0 Å². The smallest absolute Gasteiger partial charge is 0.163 e. The van der Waals surface area contributed by atoms with Gasteiger partial charge in [-0.25, -0.2) is 0 Å². The van der Waals surface area contributed by atoms with Crippen LogP contribution < -0.4 is 9.47 Å². The van der Waals surface area contributed by atoms with Gasteiger partial charge in [0.25, 0.3) is 0 Å². The first-order chi connectivity index (χ1) is 10.2. The molecule has 0 unspecified atom stereocenters. The molecule has 0 saturated carbocycles. The fourth-order valence-electron chi connectivity index (χ4n) is 2.36. The summed E-state index contributed by atoms with van der Waals surface area (Å²) in [5.41, 5.74) is 4.09. The third-order valence-electron chi connectivity index (χ3n) is 3.35. The Kier molecular flexibility index (Phi) is 5.45. The number of hydrogen-bond donors (Lipinski definition) is 0. The van der Waals surface area contributed by atoms with Crippen LogP contribution in [0.3, 0.4) is 0 Å². The zero-order valence-electron chi connectivity index (χ0n) is 12.6. The first-order valence-corrected chi connectivity index (χ1v) is 7.53. The second-order valence-electron chi connectivity index (χ2n) is 4.80. The summed E-state index contributed by atoms with van der Waals surface area (Å²) < 4.78 is 11.0. The Labute approximate surface area is 130 Å². The molecule has 0 N–H and O–H groups in total. The van der Waals surface area contributed by atoms with Crippen LogP contribution in [0.4, 0.5) is 0 Å². The van der Waals surface area contributed by atoms with Gasteiger partial charge in [-0.3, -0.25) is 4.98 Å². The fraction of sp³-hybridized carbons (Fsp3) is 0.353. The number of pyridine rings is 1. The molecule has 0 fully saturated rings. The van der Waals surface area contributed by atoms with Gasteiger partial charge in [0.05, 0.1) is 19.9 Å². The molecule has 0 atom stereocenters.